The highest BCUT2D eigenvalue weighted by Crippen LogP contribution is 2.34. The quantitative estimate of drug-likeness (QED) is 0.0703. The third-order valence-electron chi connectivity index (χ3n) is 7.54. The molecule has 0 saturated heterocycles. The van der Waals surface area contributed by atoms with E-state index in [0.29, 0.717) is 45.3 Å². The minimum absolute atomic E-state index is 0.0539. The molecule has 0 N–H and O–H groups in total. The molecule has 0 radical (unpaired) electrons. The van der Waals surface area contributed by atoms with E-state index in [-0.39, 0.29) is 25.5 Å². The predicted octanol–water partition coefficient (Wildman–Crippen LogP) is 7.01. The summed E-state index contributed by atoms with van der Waals surface area (Å²) in [6.07, 6.45) is 4.61. The van der Waals surface area contributed by atoms with Gasteiger partial charge in [0.2, 0.25) is 0 Å². The summed E-state index contributed by atoms with van der Waals surface area (Å²) in [4.78, 5) is 23.9. The Hall–Kier alpha value is -2.72. The molecule has 10 heteroatoms. The Morgan fingerprint density at radius 3 is 1.44 bits per heavy atom. The fraction of sp³-hybridized carbons (Fsp3) is 0.486. The largest absolute Gasteiger partial charge is 0.462 e. The normalized spacial score (nSPS) is 25.3. The first-order valence-corrected chi connectivity index (χ1v) is 16.1. The van der Waals surface area contributed by atoms with E-state index in [1.807, 2.05) is 72.8 Å². The molecule has 0 unspecified atom stereocenters. The molecule has 0 saturated carbocycles. The van der Waals surface area contributed by atoms with Gasteiger partial charge in [0, 0.05) is 39.5 Å². The van der Waals surface area contributed by atoms with E-state index in [0.717, 1.165) is 22.3 Å². The zero-order valence-electron chi connectivity index (χ0n) is 25.8. The molecule has 0 aromatic heterocycles. The number of halogens is 2. The van der Waals surface area contributed by atoms with Crippen LogP contribution < -0.4 is 0 Å². The smallest absolute Gasteiger partial charge is 0.302 e. The van der Waals surface area contributed by atoms with Gasteiger partial charge in [-0.05, 0) is 17.5 Å². The summed E-state index contributed by atoms with van der Waals surface area (Å²) in [7, 11) is 0. The van der Waals surface area contributed by atoms with Gasteiger partial charge in [-0.2, -0.15) is 0 Å². The molecular formula is C35H42Cl2O8. The molecule has 0 amide bonds. The van der Waals surface area contributed by atoms with E-state index < -0.39 is 35.2 Å². The Kier molecular flexibility index (Phi) is 14.4. The van der Waals surface area contributed by atoms with Gasteiger partial charge < -0.3 is 28.4 Å². The van der Waals surface area contributed by atoms with Gasteiger partial charge in [-0.3, -0.25) is 9.59 Å². The molecule has 2 aliphatic carbocycles. The van der Waals surface area contributed by atoms with Crippen LogP contribution in [0.3, 0.4) is 0 Å². The van der Waals surface area contributed by atoms with Crippen molar-refractivity contribution in [3.05, 3.63) is 95.1 Å². The van der Waals surface area contributed by atoms with Crippen LogP contribution in [-0.4, -0.2) is 60.7 Å². The van der Waals surface area contributed by atoms with E-state index in [2.05, 4.69) is 0 Å². The maximum Gasteiger partial charge on any atom is 0.302 e. The number of rotatable bonds is 14. The minimum atomic E-state index is -0.471. The number of carbonyl (C=O) groups is 2. The third-order valence-corrected chi connectivity index (χ3v) is 8.36. The second-order valence-corrected chi connectivity index (χ2v) is 12.4. The third kappa shape index (κ3) is 12.5. The van der Waals surface area contributed by atoms with Crippen molar-refractivity contribution in [3.63, 3.8) is 0 Å². The molecule has 2 aromatic carbocycles. The van der Waals surface area contributed by atoms with Crippen LogP contribution in [0.25, 0.3) is 0 Å². The second-order valence-electron chi connectivity index (χ2n) is 11.4. The van der Waals surface area contributed by atoms with E-state index in [4.69, 9.17) is 51.6 Å². The van der Waals surface area contributed by atoms with Crippen LogP contribution in [-0.2, 0) is 51.2 Å². The van der Waals surface area contributed by atoms with Crippen molar-refractivity contribution >= 4 is 35.1 Å². The summed E-state index contributed by atoms with van der Waals surface area (Å²) in [5.41, 5.74) is 4.05. The molecule has 4 rings (SSSR count). The number of alkyl halides is 2. The molecule has 6 atom stereocenters. The van der Waals surface area contributed by atoms with Crippen molar-refractivity contribution in [2.24, 2.45) is 0 Å². The van der Waals surface area contributed by atoms with Gasteiger partial charge in [0.05, 0.1) is 36.2 Å². The topological polar surface area (TPSA) is 89.5 Å². The zero-order chi connectivity index (χ0) is 32.0. The summed E-state index contributed by atoms with van der Waals surface area (Å²) < 4.78 is 34.8. The minimum Gasteiger partial charge on any atom is -0.462 e. The van der Waals surface area contributed by atoms with Gasteiger partial charge in [0.15, 0.2) is 0 Å². The SMILES string of the molecule is CC(=O)O[C@@H]1CC(CC2=C[C@@H](Cl)[C@@H](OCOCc3ccccc3)C[C@H](OC(C)=O)C2)=C[C@@H](Cl)[C@@H](OCOCc2ccccc2)C1. The molecule has 2 aliphatic rings. The van der Waals surface area contributed by atoms with Crippen LogP contribution in [0.2, 0.25) is 0 Å². The van der Waals surface area contributed by atoms with E-state index >= 15 is 0 Å². The van der Waals surface area contributed by atoms with Crippen LogP contribution >= 0.6 is 23.2 Å². The van der Waals surface area contributed by atoms with Crippen molar-refractivity contribution in [1.29, 1.82) is 0 Å². The first-order valence-electron chi connectivity index (χ1n) is 15.2. The Morgan fingerprint density at radius 2 is 1.07 bits per heavy atom. The van der Waals surface area contributed by atoms with Crippen molar-refractivity contribution in [3.8, 4) is 0 Å². The van der Waals surface area contributed by atoms with Crippen molar-refractivity contribution in [1.82, 2.24) is 0 Å². The van der Waals surface area contributed by atoms with Gasteiger partial charge in [-0.1, -0.05) is 84.0 Å². The molecule has 0 bridgehead atoms. The van der Waals surface area contributed by atoms with Crippen LogP contribution in [0.4, 0.5) is 0 Å². The molecule has 0 aliphatic heterocycles. The maximum absolute atomic E-state index is 11.9. The Balaban J connectivity index is 1.40. The summed E-state index contributed by atoms with van der Waals surface area (Å²) in [6.45, 7) is 3.72. The van der Waals surface area contributed by atoms with Crippen LogP contribution in [0, 0.1) is 0 Å². The van der Waals surface area contributed by atoms with Gasteiger partial charge in [0.1, 0.15) is 25.8 Å². The molecule has 2 aromatic rings. The Bertz CT molecular complexity index is 1170. The summed E-state index contributed by atoms with van der Waals surface area (Å²) in [5, 5.41) is -0.942. The average Bonchev–Trinajstić information content (AvgIpc) is 3.23. The predicted molar refractivity (Wildman–Crippen MR) is 172 cm³/mol. The van der Waals surface area contributed by atoms with Crippen molar-refractivity contribution in [2.45, 2.75) is 94.3 Å². The van der Waals surface area contributed by atoms with E-state index in [1.165, 1.54) is 13.8 Å². The number of hydrogen-bond donors (Lipinski definition) is 0. The lowest BCUT2D eigenvalue weighted by Gasteiger charge is -2.23. The monoisotopic (exact) mass is 660 g/mol. The highest BCUT2D eigenvalue weighted by atomic mass is 35.5. The number of benzene rings is 2. The maximum atomic E-state index is 11.9. The number of hydrogen-bond acceptors (Lipinski definition) is 8. The first kappa shape index (κ1) is 35.1. The van der Waals surface area contributed by atoms with Gasteiger partial charge in [-0.25, -0.2) is 0 Å². The molecule has 0 spiro atoms. The summed E-state index contributed by atoms with van der Waals surface area (Å²) in [5.74, 6) is -0.740. The molecule has 244 valence electrons. The molecule has 45 heavy (non-hydrogen) atoms. The standard InChI is InChI=1S/C35H42Cl2O8/c1-24(38)44-30-14-28(16-32(36)34(18-30)42-22-40-20-26-9-5-3-6-10-26)13-29-15-31(45-25(2)39)19-35(33(37)17-29)43-23-41-21-27-11-7-4-8-12-27/h3-12,16-17,30-35H,13-15,18-23H2,1-2H3/t30-,31-,32-,33-,34+,35+/m1/s1. The highest BCUT2D eigenvalue weighted by Gasteiger charge is 2.33. The van der Waals surface area contributed by atoms with Crippen LogP contribution in [0.5, 0.6) is 0 Å². The Labute approximate surface area is 275 Å². The summed E-state index contributed by atoms with van der Waals surface area (Å²) in [6, 6.07) is 19.6. The number of esters is 2. The second kappa shape index (κ2) is 18.4. The van der Waals surface area contributed by atoms with E-state index in [1.54, 1.807) is 0 Å². The zero-order valence-corrected chi connectivity index (χ0v) is 27.3. The lowest BCUT2D eigenvalue weighted by Crippen LogP contribution is -2.29. The average molecular weight is 662 g/mol. The molecule has 0 fully saturated rings. The Morgan fingerprint density at radius 1 is 0.667 bits per heavy atom. The van der Waals surface area contributed by atoms with Crippen LogP contribution in [0.1, 0.15) is 57.1 Å². The summed E-state index contributed by atoms with van der Waals surface area (Å²) >= 11 is 13.7. The molecule has 0 heterocycles. The van der Waals surface area contributed by atoms with Crippen molar-refractivity contribution < 1.29 is 38.0 Å². The van der Waals surface area contributed by atoms with Crippen molar-refractivity contribution in [2.75, 3.05) is 13.6 Å². The molecule has 8 nitrogen and oxygen atoms in total. The van der Waals surface area contributed by atoms with Crippen LogP contribution in [0.15, 0.2) is 84.0 Å². The van der Waals surface area contributed by atoms with Gasteiger partial charge in [0.25, 0.3) is 0 Å². The number of carbonyl (C=O) groups excluding carboxylic acids is 2. The van der Waals surface area contributed by atoms with E-state index in [9.17, 15) is 9.59 Å². The van der Waals surface area contributed by atoms with Gasteiger partial charge >= 0.3 is 11.9 Å². The lowest BCUT2D eigenvalue weighted by atomic mass is 9.96. The fourth-order valence-electron chi connectivity index (χ4n) is 5.59. The fourth-order valence-corrected chi connectivity index (χ4v) is 6.30. The lowest BCUT2D eigenvalue weighted by molar-refractivity contribution is -0.151. The van der Waals surface area contributed by atoms with Gasteiger partial charge in [-0.15, -0.1) is 23.2 Å². The highest BCUT2D eigenvalue weighted by molar-refractivity contribution is 6.22. The molecular weight excluding hydrogens is 619 g/mol. The number of ether oxygens (including phenoxy) is 6. The first-order chi connectivity index (χ1) is 21.7.